The molecule has 2 N–H and O–H groups in total. The van der Waals surface area contributed by atoms with E-state index in [0.29, 0.717) is 17.6 Å². The molecule has 0 aliphatic carbocycles. The first kappa shape index (κ1) is 15.7. The maximum absolute atomic E-state index is 13.3. The molecule has 1 amide bonds. The third-order valence-corrected chi connectivity index (χ3v) is 3.85. The monoisotopic (exact) mass is 350 g/mol. The highest BCUT2D eigenvalue weighted by Crippen LogP contribution is 2.19. The summed E-state index contributed by atoms with van der Waals surface area (Å²) in [7, 11) is 0. The van der Waals surface area contributed by atoms with Crippen LogP contribution in [0.5, 0.6) is 0 Å². The van der Waals surface area contributed by atoms with Gasteiger partial charge in [0.05, 0.1) is 11.0 Å². The van der Waals surface area contributed by atoms with E-state index in [1.54, 1.807) is 6.07 Å². The first-order chi connectivity index (χ1) is 10.2. The molecule has 0 fully saturated rings. The fraction of sp³-hybridized carbons (Fsp3) is 0.188. The van der Waals surface area contributed by atoms with E-state index in [9.17, 15) is 9.18 Å². The number of benzene rings is 2. The standard InChI is InChI=1S/C16H16BrFN2O/c17-16-13(7-4-8-14(16)18)10-19-11-15(21)20-9-12-5-2-1-3-6-12/h1-8,19H,9-11H2,(H,20,21). The highest BCUT2D eigenvalue weighted by molar-refractivity contribution is 9.10. The summed E-state index contributed by atoms with van der Waals surface area (Å²) in [5.41, 5.74) is 1.84. The molecular weight excluding hydrogens is 335 g/mol. The van der Waals surface area contributed by atoms with Gasteiger partial charge in [-0.2, -0.15) is 0 Å². The molecule has 110 valence electrons. The molecular formula is C16H16BrFN2O. The van der Waals surface area contributed by atoms with E-state index in [4.69, 9.17) is 0 Å². The van der Waals surface area contributed by atoms with E-state index < -0.39 is 0 Å². The van der Waals surface area contributed by atoms with Crippen LogP contribution in [-0.2, 0) is 17.9 Å². The van der Waals surface area contributed by atoms with Gasteiger partial charge < -0.3 is 10.6 Å². The number of hydrogen-bond acceptors (Lipinski definition) is 2. The minimum Gasteiger partial charge on any atom is -0.351 e. The highest BCUT2D eigenvalue weighted by atomic mass is 79.9. The van der Waals surface area contributed by atoms with Crippen LogP contribution in [0.15, 0.2) is 53.0 Å². The number of hydrogen-bond donors (Lipinski definition) is 2. The molecule has 0 radical (unpaired) electrons. The minimum absolute atomic E-state index is 0.0913. The normalized spacial score (nSPS) is 10.4. The lowest BCUT2D eigenvalue weighted by molar-refractivity contribution is -0.120. The number of rotatable bonds is 6. The maximum Gasteiger partial charge on any atom is 0.234 e. The van der Waals surface area contributed by atoms with E-state index in [1.165, 1.54) is 6.07 Å². The lowest BCUT2D eigenvalue weighted by Gasteiger charge is -2.08. The average Bonchev–Trinajstić information content (AvgIpc) is 2.50. The average molecular weight is 351 g/mol. The molecule has 3 nitrogen and oxygen atoms in total. The molecule has 0 aliphatic heterocycles. The number of amides is 1. The molecule has 0 aliphatic rings. The van der Waals surface area contributed by atoms with Crippen LogP contribution in [0.4, 0.5) is 4.39 Å². The molecule has 0 spiro atoms. The topological polar surface area (TPSA) is 41.1 Å². The highest BCUT2D eigenvalue weighted by Gasteiger charge is 2.06. The van der Waals surface area contributed by atoms with Crippen molar-refractivity contribution < 1.29 is 9.18 Å². The Balaban J connectivity index is 1.73. The molecule has 0 saturated heterocycles. The largest absolute Gasteiger partial charge is 0.351 e. The van der Waals surface area contributed by atoms with Crippen LogP contribution >= 0.6 is 15.9 Å². The molecule has 2 rings (SSSR count). The Kier molecular flexibility index (Phi) is 5.90. The van der Waals surface area contributed by atoms with Crippen molar-refractivity contribution in [2.45, 2.75) is 13.1 Å². The molecule has 0 saturated carbocycles. The van der Waals surface area contributed by atoms with Crippen LogP contribution in [0.1, 0.15) is 11.1 Å². The van der Waals surface area contributed by atoms with Gasteiger partial charge in [0.2, 0.25) is 5.91 Å². The molecule has 5 heteroatoms. The predicted octanol–water partition coefficient (Wildman–Crippen LogP) is 2.99. The molecule has 21 heavy (non-hydrogen) atoms. The first-order valence-electron chi connectivity index (χ1n) is 6.61. The fourth-order valence-electron chi connectivity index (χ4n) is 1.85. The molecule has 0 atom stereocenters. The van der Waals surface area contributed by atoms with Gasteiger partial charge in [0, 0.05) is 13.1 Å². The summed E-state index contributed by atoms with van der Waals surface area (Å²) >= 11 is 3.19. The molecule has 2 aromatic rings. The number of carbonyl (C=O) groups is 1. The Morgan fingerprint density at radius 3 is 2.57 bits per heavy atom. The molecule has 0 bridgehead atoms. The van der Waals surface area contributed by atoms with Gasteiger partial charge in [0.1, 0.15) is 5.82 Å². The quantitative estimate of drug-likeness (QED) is 0.840. The lowest BCUT2D eigenvalue weighted by atomic mass is 10.2. The van der Waals surface area contributed by atoms with Gasteiger partial charge in [-0.15, -0.1) is 0 Å². The van der Waals surface area contributed by atoms with Gasteiger partial charge in [0.25, 0.3) is 0 Å². The zero-order chi connectivity index (χ0) is 15.1. The van der Waals surface area contributed by atoms with Crippen molar-refractivity contribution in [2.75, 3.05) is 6.54 Å². The number of halogens is 2. The van der Waals surface area contributed by atoms with Crippen LogP contribution < -0.4 is 10.6 Å². The smallest absolute Gasteiger partial charge is 0.234 e. The minimum atomic E-state index is -0.303. The Labute approximate surface area is 131 Å². The molecule has 0 unspecified atom stereocenters. The van der Waals surface area contributed by atoms with Crippen LogP contribution in [0.2, 0.25) is 0 Å². The van der Waals surface area contributed by atoms with Crippen LogP contribution in [0, 0.1) is 5.82 Å². The van der Waals surface area contributed by atoms with E-state index in [2.05, 4.69) is 26.6 Å². The van der Waals surface area contributed by atoms with Gasteiger partial charge in [-0.3, -0.25) is 4.79 Å². The first-order valence-corrected chi connectivity index (χ1v) is 7.40. The van der Waals surface area contributed by atoms with Crippen molar-refractivity contribution in [1.29, 1.82) is 0 Å². The third-order valence-electron chi connectivity index (χ3n) is 2.97. The van der Waals surface area contributed by atoms with Gasteiger partial charge in [-0.1, -0.05) is 42.5 Å². The molecule has 0 heterocycles. The zero-order valence-corrected chi connectivity index (χ0v) is 13.0. The fourth-order valence-corrected chi connectivity index (χ4v) is 2.26. The second-order valence-corrected chi connectivity index (χ2v) is 5.37. The van der Waals surface area contributed by atoms with Gasteiger partial charge in [-0.25, -0.2) is 4.39 Å². The summed E-state index contributed by atoms with van der Waals surface area (Å²) in [4.78, 5) is 11.7. The van der Waals surface area contributed by atoms with Crippen molar-refractivity contribution in [3.8, 4) is 0 Å². The van der Waals surface area contributed by atoms with Crippen molar-refractivity contribution in [1.82, 2.24) is 10.6 Å². The van der Waals surface area contributed by atoms with Crippen molar-refractivity contribution >= 4 is 21.8 Å². The third kappa shape index (κ3) is 4.95. The summed E-state index contributed by atoms with van der Waals surface area (Å²) in [6, 6.07) is 14.6. The molecule has 0 aromatic heterocycles. The number of carbonyl (C=O) groups excluding carboxylic acids is 1. The lowest BCUT2D eigenvalue weighted by Crippen LogP contribution is -2.33. The van der Waals surface area contributed by atoms with Crippen molar-refractivity contribution in [3.63, 3.8) is 0 Å². The van der Waals surface area contributed by atoms with Crippen LogP contribution in [0.3, 0.4) is 0 Å². The van der Waals surface area contributed by atoms with E-state index in [-0.39, 0.29) is 18.3 Å². The summed E-state index contributed by atoms with van der Waals surface area (Å²) in [6.45, 7) is 1.12. The SMILES string of the molecule is O=C(CNCc1cccc(F)c1Br)NCc1ccccc1. The summed E-state index contributed by atoms with van der Waals surface area (Å²) < 4.78 is 13.8. The maximum atomic E-state index is 13.3. The van der Waals surface area contributed by atoms with Crippen molar-refractivity contribution in [3.05, 3.63) is 69.9 Å². The Morgan fingerprint density at radius 1 is 1.05 bits per heavy atom. The Morgan fingerprint density at radius 2 is 1.81 bits per heavy atom. The van der Waals surface area contributed by atoms with E-state index in [1.807, 2.05) is 36.4 Å². The summed E-state index contributed by atoms with van der Waals surface area (Å²) in [6.07, 6.45) is 0. The zero-order valence-electron chi connectivity index (χ0n) is 11.4. The van der Waals surface area contributed by atoms with Gasteiger partial charge >= 0.3 is 0 Å². The second kappa shape index (κ2) is 7.90. The summed E-state index contributed by atoms with van der Waals surface area (Å²) in [5.74, 6) is -0.394. The van der Waals surface area contributed by atoms with Gasteiger partial charge in [0.15, 0.2) is 0 Å². The van der Waals surface area contributed by atoms with Crippen LogP contribution in [0.25, 0.3) is 0 Å². The Hall–Kier alpha value is -1.72. The van der Waals surface area contributed by atoms with Gasteiger partial charge in [-0.05, 0) is 33.1 Å². The Bertz CT molecular complexity index is 604. The molecule has 2 aromatic carbocycles. The van der Waals surface area contributed by atoms with Crippen molar-refractivity contribution in [2.24, 2.45) is 0 Å². The summed E-state index contributed by atoms with van der Waals surface area (Å²) in [5, 5.41) is 5.82. The van der Waals surface area contributed by atoms with E-state index in [0.717, 1.165) is 11.1 Å². The predicted molar refractivity (Wildman–Crippen MR) is 84.1 cm³/mol. The number of nitrogens with one attached hydrogen (secondary N) is 2. The second-order valence-electron chi connectivity index (χ2n) is 4.58. The van der Waals surface area contributed by atoms with Crippen LogP contribution in [-0.4, -0.2) is 12.5 Å². The van der Waals surface area contributed by atoms with E-state index >= 15 is 0 Å².